The minimum Gasteiger partial charge on any atom is -0.273 e. The second-order valence-corrected chi connectivity index (χ2v) is 4.06. The fourth-order valence-electron chi connectivity index (χ4n) is 1.13. The molecule has 1 rings (SSSR count). The zero-order valence-electron chi connectivity index (χ0n) is 9.97. The van der Waals surface area contributed by atoms with Gasteiger partial charge in [-0.15, -0.1) is 0 Å². The van der Waals surface area contributed by atoms with Gasteiger partial charge in [0.05, 0.1) is 17.1 Å². The number of benzene rings is 1. The molecular weight excluding hydrogens is 243 g/mol. The Kier molecular flexibility index (Phi) is 4.73. The molecule has 0 fully saturated rings. The summed E-state index contributed by atoms with van der Waals surface area (Å²) in [6.07, 6.45) is 0. The Morgan fingerprint density at radius 3 is 2.78 bits per heavy atom. The molecule has 6 nitrogen and oxygen atoms in total. The Bertz CT molecular complexity index is 462. The van der Waals surface area contributed by atoms with Crippen LogP contribution in [0.4, 0.5) is 10.1 Å². The largest absolute Gasteiger partial charge is 0.278 e. The van der Waals surface area contributed by atoms with Gasteiger partial charge in [-0.3, -0.25) is 19.7 Å². The number of hydroxylamine groups is 1. The molecule has 0 saturated carbocycles. The van der Waals surface area contributed by atoms with Gasteiger partial charge >= 0.3 is 0 Å². The molecular formula is C11H13FN2O4. The first-order chi connectivity index (χ1) is 8.41. The normalized spacial score (nSPS) is 10.4. The predicted octanol–water partition coefficient (Wildman–Crippen LogP) is 2.05. The molecule has 7 heteroatoms. The quantitative estimate of drug-likeness (QED) is 0.645. The molecule has 0 aliphatic carbocycles. The Hall–Kier alpha value is -2.02. The number of hydrogen-bond acceptors (Lipinski definition) is 4. The van der Waals surface area contributed by atoms with E-state index in [4.69, 9.17) is 4.84 Å². The first kappa shape index (κ1) is 14.0. The molecule has 0 radical (unpaired) electrons. The van der Waals surface area contributed by atoms with Crippen molar-refractivity contribution in [1.82, 2.24) is 5.48 Å². The Morgan fingerprint density at radius 2 is 2.22 bits per heavy atom. The molecule has 1 N–H and O–H groups in total. The monoisotopic (exact) mass is 256 g/mol. The Balaban J connectivity index is 2.78. The second kappa shape index (κ2) is 6.06. The van der Waals surface area contributed by atoms with Gasteiger partial charge in [0.2, 0.25) is 0 Å². The van der Waals surface area contributed by atoms with E-state index in [2.05, 4.69) is 0 Å². The van der Waals surface area contributed by atoms with Crippen LogP contribution in [0.25, 0.3) is 0 Å². The Labute approximate surface area is 103 Å². The van der Waals surface area contributed by atoms with Crippen LogP contribution in [0.15, 0.2) is 18.2 Å². The van der Waals surface area contributed by atoms with E-state index >= 15 is 0 Å². The van der Waals surface area contributed by atoms with E-state index in [9.17, 15) is 19.3 Å². The van der Waals surface area contributed by atoms with Crippen molar-refractivity contribution in [3.05, 3.63) is 39.7 Å². The van der Waals surface area contributed by atoms with E-state index in [0.29, 0.717) is 0 Å². The summed E-state index contributed by atoms with van der Waals surface area (Å²) in [5.74, 6) is -1.50. The molecule has 1 amide bonds. The smallest absolute Gasteiger partial charge is 0.273 e. The van der Waals surface area contributed by atoms with Crippen LogP contribution in [0, 0.1) is 21.8 Å². The summed E-state index contributed by atoms with van der Waals surface area (Å²) in [5.41, 5.74) is 1.26. The lowest BCUT2D eigenvalue weighted by molar-refractivity contribution is -0.384. The SMILES string of the molecule is CC(C)CONC(=O)c1cc([N+](=O)[O-])ccc1F. The molecule has 0 aliphatic heterocycles. The molecule has 0 unspecified atom stereocenters. The molecule has 0 atom stereocenters. The number of carbonyl (C=O) groups is 1. The van der Waals surface area contributed by atoms with Crippen LogP contribution in [0.3, 0.4) is 0 Å². The van der Waals surface area contributed by atoms with Gasteiger partial charge < -0.3 is 0 Å². The third-order valence-corrected chi connectivity index (χ3v) is 1.99. The highest BCUT2D eigenvalue weighted by Crippen LogP contribution is 2.16. The topological polar surface area (TPSA) is 81.5 Å². The van der Waals surface area contributed by atoms with Crippen molar-refractivity contribution in [3.63, 3.8) is 0 Å². The zero-order chi connectivity index (χ0) is 13.7. The third-order valence-electron chi connectivity index (χ3n) is 1.99. The number of carbonyl (C=O) groups excluding carboxylic acids is 1. The number of nitro groups is 1. The van der Waals surface area contributed by atoms with Crippen LogP contribution in [-0.2, 0) is 4.84 Å². The Morgan fingerprint density at radius 1 is 1.56 bits per heavy atom. The van der Waals surface area contributed by atoms with E-state index in [1.807, 2.05) is 19.3 Å². The summed E-state index contributed by atoms with van der Waals surface area (Å²) in [4.78, 5) is 26.2. The zero-order valence-corrected chi connectivity index (χ0v) is 9.97. The van der Waals surface area contributed by atoms with Gasteiger partial charge in [-0.2, -0.15) is 0 Å². The van der Waals surface area contributed by atoms with Gasteiger partial charge in [0.15, 0.2) is 0 Å². The molecule has 0 heterocycles. The summed E-state index contributed by atoms with van der Waals surface area (Å²) in [6, 6.07) is 2.72. The molecule has 1 aromatic rings. The van der Waals surface area contributed by atoms with Crippen molar-refractivity contribution in [2.75, 3.05) is 6.61 Å². The fourth-order valence-corrected chi connectivity index (χ4v) is 1.13. The fraction of sp³-hybridized carbons (Fsp3) is 0.364. The van der Waals surface area contributed by atoms with Crippen LogP contribution < -0.4 is 5.48 Å². The highest BCUT2D eigenvalue weighted by atomic mass is 19.1. The van der Waals surface area contributed by atoms with Gasteiger partial charge in [-0.25, -0.2) is 9.87 Å². The van der Waals surface area contributed by atoms with E-state index < -0.39 is 22.2 Å². The van der Waals surface area contributed by atoms with Crippen molar-refractivity contribution in [1.29, 1.82) is 0 Å². The number of hydrogen-bond donors (Lipinski definition) is 1. The number of rotatable bonds is 5. The van der Waals surface area contributed by atoms with Crippen LogP contribution in [0.5, 0.6) is 0 Å². The maximum atomic E-state index is 13.3. The molecule has 0 saturated heterocycles. The van der Waals surface area contributed by atoms with Crippen LogP contribution in [0.2, 0.25) is 0 Å². The van der Waals surface area contributed by atoms with E-state index in [1.54, 1.807) is 0 Å². The summed E-state index contributed by atoms with van der Waals surface area (Å²) in [7, 11) is 0. The number of nitrogens with zero attached hydrogens (tertiary/aromatic N) is 1. The third kappa shape index (κ3) is 3.77. The lowest BCUT2D eigenvalue weighted by Gasteiger charge is -2.08. The van der Waals surface area contributed by atoms with Crippen molar-refractivity contribution in [2.24, 2.45) is 5.92 Å². The molecule has 1 aromatic carbocycles. The average Bonchev–Trinajstić information content (AvgIpc) is 2.28. The molecule has 0 aliphatic rings. The summed E-state index contributed by atoms with van der Waals surface area (Å²) >= 11 is 0. The molecule has 98 valence electrons. The van der Waals surface area contributed by atoms with Crippen LogP contribution >= 0.6 is 0 Å². The van der Waals surface area contributed by atoms with Gasteiger partial charge in [0.1, 0.15) is 5.82 Å². The average molecular weight is 256 g/mol. The predicted molar refractivity (Wildman–Crippen MR) is 61.3 cm³/mol. The molecule has 18 heavy (non-hydrogen) atoms. The second-order valence-electron chi connectivity index (χ2n) is 4.06. The maximum absolute atomic E-state index is 13.3. The van der Waals surface area contributed by atoms with Crippen LogP contribution in [0.1, 0.15) is 24.2 Å². The van der Waals surface area contributed by atoms with E-state index in [0.717, 1.165) is 18.2 Å². The number of halogens is 1. The molecule has 0 aromatic heterocycles. The van der Waals surface area contributed by atoms with Crippen molar-refractivity contribution >= 4 is 11.6 Å². The highest BCUT2D eigenvalue weighted by molar-refractivity contribution is 5.94. The van der Waals surface area contributed by atoms with Gasteiger partial charge in [-0.1, -0.05) is 13.8 Å². The number of amides is 1. The summed E-state index contributed by atoms with van der Waals surface area (Å²) in [5, 5.41) is 10.5. The number of non-ortho nitro benzene ring substituents is 1. The first-order valence-corrected chi connectivity index (χ1v) is 5.28. The standard InChI is InChI=1S/C11H13FN2O4/c1-7(2)6-18-13-11(15)9-5-8(14(16)17)3-4-10(9)12/h3-5,7H,6H2,1-2H3,(H,13,15). The summed E-state index contributed by atoms with van der Waals surface area (Å²) in [6.45, 7) is 4.02. The van der Waals surface area contributed by atoms with Gasteiger partial charge in [0, 0.05) is 12.1 Å². The first-order valence-electron chi connectivity index (χ1n) is 5.28. The molecule has 0 bridgehead atoms. The van der Waals surface area contributed by atoms with Crippen molar-refractivity contribution in [3.8, 4) is 0 Å². The lowest BCUT2D eigenvalue weighted by Crippen LogP contribution is -2.26. The van der Waals surface area contributed by atoms with Crippen molar-refractivity contribution in [2.45, 2.75) is 13.8 Å². The van der Waals surface area contributed by atoms with Gasteiger partial charge in [0.25, 0.3) is 11.6 Å². The van der Waals surface area contributed by atoms with E-state index in [-0.39, 0.29) is 18.2 Å². The van der Waals surface area contributed by atoms with E-state index in [1.165, 1.54) is 0 Å². The van der Waals surface area contributed by atoms with Crippen molar-refractivity contribution < 1.29 is 18.9 Å². The van der Waals surface area contributed by atoms with Gasteiger partial charge in [-0.05, 0) is 12.0 Å². The minimum atomic E-state index is -0.850. The van der Waals surface area contributed by atoms with Crippen LogP contribution in [-0.4, -0.2) is 17.4 Å². The highest BCUT2D eigenvalue weighted by Gasteiger charge is 2.17. The number of nitrogens with one attached hydrogen (secondary N) is 1. The summed E-state index contributed by atoms with van der Waals surface area (Å²) < 4.78 is 13.3. The minimum absolute atomic E-state index is 0.195. The lowest BCUT2D eigenvalue weighted by atomic mass is 10.2. The number of nitro benzene ring substituents is 1. The molecule has 0 spiro atoms. The maximum Gasteiger partial charge on any atom is 0.278 e.